The molecular weight excluding hydrogens is 194 g/mol. The van der Waals surface area contributed by atoms with Crippen LogP contribution in [-0.2, 0) is 9.59 Å². The normalized spacial score (nSPS) is 9.87. The molecule has 0 aliphatic carbocycles. The van der Waals surface area contributed by atoms with Crippen molar-refractivity contribution in [2.75, 3.05) is 19.6 Å². The van der Waals surface area contributed by atoms with Crippen LogP contribution in [0.2, 0.25) is 0 Å². The summed E-state index contributed by atoms with van der Waals surface area (Å²) in [5.74, 6) is -0.461. The van der Waals surface area contributed by atoms with Gasteiger partial charge in [0.2, 0.25) is 11.8 Å². The van der Waals surface area contributed by atoms with Crippen LogP contribution in [0, 0.1) is 0 Å². The van der Waals surface area contributed by atoms with Crippen molar-refractivity contribution in [3.05, 3.63) is 12.7 Å². The number of hydrogen-bond acceptors (Lipinski definition) is 3. The van der Waals surface area contributed by atoms with Crippen molar-refractivity contribution >= 4 is 11.8 Å². The van der Waals surface area contributed by atoms with Crippen LogP contribution in [0.15, 0.2) is 12.7 Å². The van der Waals surface area contributed by atoms with E-state index >= 15 is 0 Å². The van der Waals surface area contributed by atoms with Gasteiger partial charge in [0.25, 0.3) is 0 Å². The third kappa shape index (κ3) is 5.17. The largest absolute Gasteiger partial charge is 0.346 e. The molecule has 0 aromatic carbocycles. The average Bonchev–Trinajstić information content (AvgIpc) is 2.21. The smallest absolute Gasteiger partial charge is 0.242 e. The molecule has 0 bridgehead atoms. The zero-order valence-corrected chi connectivity index (χ0v) is 9.32. The van der Waals surface area contributed by atoms with E-state index in [-0.39, 0.29) is 30.9 Å². The van der Waals surface area contributed by atoms with Gasteiger partial charge in [-0.25, -0.2) is 0 Å². The molecule has 0 atom stereocenters. The molecule has 0 saturated carbocycles. The summed E-state index contributed by atoms with van der Waals surface area (Å²) in [6, 6.07) is 0.0882. The van der Waals surface area contributed by atoms with Crippen molar-refractivity contribution < 1.29 is 9.59 Å². The van der Waals surface area contributed by atoms with Gasteiger partial charge in [-0.15, -0.1) is 6.58 Å². The van der Waals surface area contributed by atoms with Crippen molar-refractivity contribution in [2.45, 2.75) is 19.9 Å². The molecule has 3 N–H and O–H groups in total. The van der Waals surface area contributed by atoms with Gasteiger partial charge in [-0.3, -0.25) is 9.59 Å². The number of amides is 2. The minimum atomic E-state index is -0.328. The molecular formula is C10H19N3O2. The standard InChI is InChI=1S/C10H19N3O2/c1-4-5-13(8(2)3)10(15)7-12-9(14)6-11/h4,8H,1,5-7,11H2,2-3H3,(H,12,14). The van der Waals surface area contributed by atoms with Gasteiger partial charge >= 0.3 is 0 Å². The van der Waals surface area contributed by atoms with Crippen molar-refractivity contribution in [1.82, 2.24) is 10.2 Å². The van der Waals surface area contributed by atoms with Crippen LogP contribution in [0.25, 0.3) is 0 Å². The van der Waals surface area contributed by atoms with Gasteiger partial charge in [0.1, 0.15) is 0 Å². The third-order valence-corrected chi connectivity index (χ3v) is 1.89. The summed E-state index contributed by atoms with van der Waals surface area (Å²) >= 11 is 0. The van der Waals surface area contributed by atoms with E-state index in [1.54, 1.807) is 11.0 Å². The highest BCUT2D eigenvalue weighted by Gasteiger charge is 2.15. The predicted molar refractivity (Wildman–Crippen MR) is 59.1 cm³/mol. The van der Waals surface area contributed by atoms with E-state index in [2.05, 4.69) is 11.9 Å². The molecule has 0 saturated heterocycles. The highest BCUT2D eigenvalue weighted by molar-refractivity contribution is 5.85. The Morgan fingerprint density at radius 3 is 2.53 bits per heavy atom. The Bertz CT molecular complexity index is 239. The molecule has 0 aliphatic rings. The van der Waals surface area contributed by atoms with Gasteiger partial charge < -0.3 is 16.0 Å². The average molecular weight is 213 g/mol. The first-order valence-electron chi connectivity index (χ1n) is 4.90. The molecule has 0 unspecified atom stereocenters. The fraction of sp³-hybridized carbons (Fsp3) is 0.600. The van der Waals surface area contributed by atoms with E-state index in [4.69, 9.17) is 5.73 Å². The fourth-order valence-corrected chi connectivity index (χ4v) is 1.09. The first kappa shape index (κ1) is 13.6. The molecule has 0 radical (unpaired) electrons. The summed E-state index contributed by atoms with van der Waals surface area (Å²) in [6.45, 7) is 7.76. The zero-order chi connectivity index (χ0) is 11.8. The quantitative estimate of drug-likeness (QED) is 0.583. The number of hydrogen-bond donors (Lipinski definition) is 2. The molecule has 0 aromatic rings. The highest BCUT2D eigenvalue weighted by atomic mass is 16.2. The minimum absolute atomic E-state index is 0.0119. The van der Waals surface area contributed by atoms with Crippen LogP contribution >= 0.6 is 0 Å². The highest BCUT2D eigenvalue weighted by Crippen LogP contribution is 1.98. The van der Waals surface area contributed by atoms with Crippen LogP contribution in [0.4, 0.5) is 0 Å². The minimum Gasteiger partial charge on any atom is -0.346 e. The molecule has 5 nitrogen and oxygen atoms in total. The second kappa shape index (κ2) is 7.00. The summed E-state index contributed by atoms with van der Waals surface area (Å²) in [4.78, 5) is 24.1. The van der Waals surface area contributed by atoms with Crippen LogP contribution in [-0.4, -0.2) is 42.4 Å². The number of rotatable bonds is 6. The summed E-state index contributed by atoms with van der Waals surface area (Å²) in [7, 11) is 0. The van der Waals surface area contributed by atoms with E-state index in [0.29, 0.717) is 6.54 Å². The number of nitrogens with zero attached hydrogens (tertiary/aromatic N) is 1. The summed E-state index contributed by atoms with van der Waals surface area (Å²) < 4.78 is 0. The maximum absolute atomic E-state index is 11.6. The predicted octanol–water partition coefficient (Wildman–Crippen LogP) is -0.516. The van der Waals surface area contributed by atoms with E-state index in [0.717, 1.165) is 0 Å². The van der Waals surface area contributed by atoms with Crippen molar-refractivity contribution in [3.63, 3.8) is 0 Å². The van der Waals surface area contributed by atoms with Crippen molar-refractivity contribution in [2.24, 2.45) is 5.73 Å². The first-order valence-corrected chi connectivity index (χ1v) is 4.90. The number of nitrogens with two attached hydrogens (primary N) is 1. The van der Waals surface area contributed by atoms with Crippen molar-refractivity contribution in [1.29, 1.82) is 0 Å². The van der Waals surface area contributed by atoms with Gasteiger partial charge in [-0.2, -0.15) is 0 Å². The van der Waals surface area contributed by atoms with Gasteiger partial charge in [-0.1, -0.05) is 6.08 Å². The van der Waals surface area contributed by atoms with E-state index in [9.17, 15) is 9.59 Å². The lowest BCUT2D eigenvalue weighted by Crippen LogP contribution is -2.44. The Labute approximate surface area is 90.3 Å². The molecule has 0 spiro atoms. The second-order valence-electron chi connectivity index (χ2n) is 3.41. The Morgan fingerprint density at radius 2 is 2.13 bits per heavy atom. The topological polar surface area (TPSA) is 75.4 Å². The molecule has 0 heterocycles. The Balaban J connectivity index is 4.14. The molecule has 0 rings (SSSR count). The lowest BCUT2D eigenvalue weighted by Gasteiger charge is -2.25. The van der Waals surface area contributed by atoms with E-state index in [1.165, 1.54) is 0 Å². The zero-order valence-electron chi connectivity index (χ0n) is 9.32. The molecule has 0 fully saturated rings. The molecule has 2 amide bonds. The third-order valence-electron chi connectivity index (χ3n) is 1.89. The van der Waals surface area contributed by atoms with E-state index in [1.807, 2.05) is 13.8 Å². The number of nitrogens with one attached hydrogen (secondary N) is 1. The van der Waals surface area contributed by atoms with Gasteiger partial charge in [0.05, 0.1) is 13.1 Å². The lowest BCUT2D eigenvalue weighted by atomic mass is 10.3. The monoisotopic (exact) mass is 213 g/mol. The molecule has 5 heteroatoms. The van der Waals surface area contributed by atoms with Gasteiger partial charge in [0, 0.05) is 12.6 Å². The van der Waals surface area contributed by atoms with E-state index < -0.39 is 0 Å². The summed E-state index contributed by atoms with van der Waals surface area (Å²) in [5, 5.41) is 2.44. The van der Waals surface area contributed by atoms with Gasteiger partial charge in [-0.05, 0) is 13.8 Å². The first-order chi connectivity index (χ1) is 7.02. The fourth-order valence-electron chi connectivity index (χ4n) is 1.09. The Morgan fingerprint density at radius 1 is 1.53 bits per heavy atom. The van der Waals surface area contributed by atoms with Crippen molar-refractivity contribution in [3.8, 4) is 0 Å². The van der Waals surface area contributed by atoms with Crippen LogP contribution < -0.4 is 11.1 Å². The lowest BCUT2D eigenvalue weighted by molar-refractivity contribution is -0.133. The van der Waals surface area contributed by atoms with Gasteiger partial charge in [0.15, 0.2) is 0 Å². The van der Waals surface area contributed by atoms with Crippen LogP contribution in [0.1, 0.15) is 13.8 Å². The SMILES string of the molecule is C=CCN(C(=O)CNC(=O)CN)C(C)C. The maximum atomic E-state index is 11.6. The van der Waals surface area contributed by atoms with Crippen LogP contribution in [0.5, 0.6) is 0 Å². The summed E-state index contributed by atoms with van der Waals surface area (Å²) in [5.41, 5.74) is 5.10. The number of carbonyl (C=O) groups is 2. The molecule has 0 aromatic heterocycles. The van der Waals surface area contributed by atoms with Crippen LogP contribution in [0.3, 0.4) is 0 Å². The Kier molecular flexibility index (Phi) is 6.37. The molecule has 0 aliphatic heterocycles. The second-order valence-corrected chi connectivity index (χ2v) is 3.41. The number of carbonyl (C=O) groups excluding carboxylic acids is 2. The molecule has 15 heavy (non-hydrogen) atoms. The Hall–Kier alpha value is -1.36. The molecule has 86 valence electrons. The summed E-state index contributed by atoms with van der Waals surface area (Å²) in [6.07, 6.45) is 1.66. The maximum Gasteiger partial charge on any atom is 0.242 e.